The zero-order valence-corrected chi connectivity index (χ0v) is 15.1. The number of hydrogen-bond acceptors (Lipinski definition) is 6. The fourth-order valence-corrected chi connectivity index (χ4v) is 2.75. The van der Waals surface area contributed by atoms with Gasteiger partial charge in [0.25, 0.3) is 5.78 Å². The zero-order valence-electron chi connectivity index (χ0n) is 15.1. The molecule has 0 saturated carbocycles. The van der Waals surface area contributed by atoms with E-state index in [1.165, 1.54) is 30.8 Å². The number of ether oxygens (including phenoxy) is 1. The van der Waals surface area contributed by atoms with Crippen LogP contribution in [-0.2, 0) is 0 Å². The molecule has 2 N–H and O–H groups in total. The minimum atomic E-state index is -5.01. The Balaban J connectivity index is 1.99. The van der Waals surface area contributed by atoms with Crippen LogP contribution in [0.5, 0.6) is 5.75 Å². The maximum atomic E-state index is 14.2. The van der Waals surface area contributed by atoms with Crippen LogP contribution in [0.3, 0.4) is 0 Å². The number of fused-ring (bicyclic) bond motifs is 1. The third-order valence-corrected chi connectivity index (χ3v) is 3.89. The highest BCUT2D eigenvalue weighted by Gasteiger charge is 2.34. The monoisotopic (exact) mass is 399 g/mol. The number of aliphatic hydroxyl groups is 1. The number of aromatic nitrogens is 4. The molecule has 0 radical (unpaired) electrons. The second-order valence-corrected chi connectivity index (χ2v) is 6.72. The van der Waals surface area contributed by atoms with Crippen molar-refractivity contribution in [3.63, 3.8) is 0 Å². The molecule has 3 aromatic rings. The second kappa shape index (κ2) is 6.89. The first-order chi connectivity index (χ1) is 12.9. The van der Waals surface area contributed by atoms with Gasteiger partial charge in [0.05, 0.1) is 11.6 Å². The molecule has 2 heterocycles. The SMILES string of the molecule is Cc1cc(N[C@H](c2ccc(OC(F)(F)F)c(F)c2)C(C)(C)O)n2ncnc2n1. The van der Waals surface area contributed by atoms with Crippen molar-refractivity contribution in [2.45, 2.75) is 38.8 Å². The van der Waals surface area contributed by atoms with Crippen LogP contribution in [0.1, 0.15) is 31.1 Å². The van der Waals surface area contributed by atoms with E-state index in [1.807, 2.05) is 0 Å². The van der Waals surface area contributed by atoms with Crippen LogP contribution in [-0.4, -0.2) is 36.7 Å². The predicted octanol–water partition coefficient (Wildman–Crippen LogP) is 3.39. The van der Waals surface area contributed by atoms with Crippen LogP contribution in [0.2, 0.25) is 0 Å². The van der Waals surface area contributed by atoms with Crippen LogP contribution >= 0.6 is 0 Å². The van der Waals surface area contributed by atoms with E-state index in [2.05, 4.69) is 25.1 Å². The van der Waals surface area contributed by atoms with Gasteiger partial charge in [0.2, 0.25) is 0 Å². The number of anilines is 1. The van der Waals surface area contributed by atoms with Crippen molar-refractivity contribution in [3.8, 4) is 5.75 Å². The van der Waals surface area contributed by atoms with E-state index < -0.39 is 29.6 Å². The number of alkyl halides is 3. The van der Waals surface area contributed by atoms with E-state index in [0.29, 0.717) is 17.3 Å². The molecule has 0 bridgehead atoms. The summed E-state index contributed by atoms with van der Waals surface area (Å²) in [6.45, 7) is 4.70. The van der Waals surface area contributed by atoms with Gasteiger partial charge in [0.1, 0.15) is 12.1 Å². The molecule has 0 aliphatic rings. The molecule has 28 heavy (non-hydrogen) atoms. The Morgan fingerprint density at radius 3 is 2.54 bits per heavy atom. The van der Waals surface area contributed by atoms with E-state index in [4.69, 9.17) is 0 Å². The quantitative estimate of drug-likeness (QED) is 0.640. The first-order valence-corrected chi connectivity index (χ1v) is 8.15. The summed E-state index contributed by atoms with van der Waals surface area (Å²) >= 11 is 0. The van der Waals surface area contributed by atoms with Gasteiger partial charge in [-0.15, -0.1) is 13.2 Å². The molecular weight excluding hydrogens is 382 g/mol. The lowest BCUT2D eigenvalue weighted by atomic mass is 9.91. The van der Waals surface area contributed by atoms with Crippen molar-refractivity contribution < 1.29 is 27.4 Å². The molecule has 2 aromatic heterocycles. The van der Waals surface area contributed by atoms with E-state index in [1.54, 1.807) is 13.0 Å². The van der Waals surface area contributed by atoms with Gasteiger partial charge in [0.15, 0.2) is 11.6 Å². The molecule has 0 saturated heterocycles. The smallest absolute Gasteiger partial charge is 0.403 e. The fraction of sp³-hybridized carbons (Fsp3) is 0.353. The molecule has 0 aliphatic heterocycles. The topological polar surface area (TPSA) is 84.6 Å². The van der Waals surface area contributed by atoms with Gasteiger partial charge in [-0.2, -0.15) is 14.6 Å². The summed E-state index contributed by atoms with van der Waals surface area (Å²) < 4.78 is 56.3. The van der Waals surface area contributed by atoms with E-state index >= 15 is 0 Å². The number of aryl methyl sites for hydroxylation is 1. The van der Waals surface area contributed by atoms with Crippen molar-refractivity contribution >= 4 is 11.6 Å². The summed E-state index contributed by atoms with van der Waals surface area (Å²) in [5.74, 6) is -1.42. The van der Waals surface area contributed by atoms with Crippen molar-refractivity contribution in [1.82, 2.24) is 19.6 Å². The van der Waals surface area contributed by atoms with Crippen LogP contribution in [0.15, 0.2) is 30.6 Å². The number of halogens is 4. The van der Waals surface area contributed by atoms with Gasteiger partial charge in [-0.05, 0) is 38.5 Å². The van der Waals surface area contributed by atoms with Gasteiger partial charge in [-0.1, -0.05) is 6.07 Å². The standard InChI is InChI=1S/C17H17F4N5O2/c1-9-6-13(26-15(24-9)22-8-23-26)25-14(16(2,3)27)10-4-5-12(11(18)7-10)28-17(19,20)21/h4-8,14,25,27H,1-3H3/t14-/m1/s1. The normalized spacial score (nSPS) is 13.6. The van der Waals surface area contributed by atoms with Gasteiger partial charge >= 0.3 is 6.36 Å². The fourth-order valence-electron chi connectivity index (χ4n) is 2.75. The molecule has 11 heteroatoms. The molecule has 0 aliphatic carbocycles. The number of rotatable bonds is 5. The number of nitrogens with zero attached hydrogens (tertiary/aromatic N) is 4. The molecule has 150 valence electrons. The van der Waals surface area contributed by atoms with Crippen LogP contribution in [0, 0.1) is 12.7 Å². The molecule has 7 nitrogen and oxygen atoms in total. The van der Waals surface area contributed by atoms with Crippen molar-refractivity contribution in [2.75, 3.05) is 5.32 Å². The highest BCUT2D eigenvalue weighted by Crippen LogP contribution is 2.33. The molecule has 1 atom stereocenters. The van der Waals surface area contributed by atoms with E-state index in [9.17, 15) is 22.7 Å². The molecule has 3 rings (SSSR count). The summed E-state index contributed by atoms with van der Waals surface area (Å²) in [7, 11) is 0. The van der Waals surface area contributed by atoms with Crippen molar-refractivity contribution in [2.24, 2.45) is 0 Å². The van der Waals surface area contributed by atoms with Gasteiger partial charge < -0.3 is 15.2 Å². The summed E-state index contributed by atoms with van der Waals surface area (Å²) in [6, 6.07) is 3.74. The Morgan fingerprint density at radius 1 is 1.21 bits per heavy atom. The summed E-state index contributed by atoms with van der Waals surface area (Å²) in [6.07, 6.45) is -3.71. The van der Waals surface area contributed by atoms with Crippen molar-refractivity contribution in [3.05, 3.63) is 47.7 Å². The molecule has 0 fully saturated rings. The Morgan fingerprint density at radius 2 is 1.93 bits per heavy atom. The Kier molecular flexibility index (Phi) is 4.88. The minimum absolute atomic E-state index is 0.210. The maximum absolute atomic E-state index is 14.2. The maximum Gasteiger partial charge on any atom is 0.573 e. The summed E-state index contributed by atoms with van der Waals surface area (Å²) in [5.41, 5.74) is -0.581. The Hall–Kier alpha value is -2.95. The molecule has 0 unspecified atom stereocenters. The first-order valence-electron chi connectivity index (χ1n) is 8.15. The van der Waals surface area contributed by atoms with Gasteiger partial charge in [-0.25, -0.2) is 9.37 Å². The number of nitrogens with one attached hydrogen (secondary N) is 1. The molecule has 0 amide bonds. The Labute approximate surface area is 157 Å². The number of benzene rings is 1. The van der Waals surface area contributed by atoms with Gasteiger partial charge in [-0.3, -0.25) is 0 Å². The lowest BCUT2D eigenvalue weighted by Crippen LogP contribution is -2.35. The zero-order chi connectivity index (χ0) is 20.7. The lowest BCUT2D eigenvalue weighted by Gasteiger charge is -2.31. The average Bonchev–Trinajstić information content (AvgIpc) is 3.00. The number of hydrogen-bond donors (Lipinski definition) is 2. The third-order valence-electron chi connectivity index (χ3n) is 3.89. The van der Waals surface area contributed by atoms with E-state index in [-0.39, 0.29) is 5.56 Å². The molecule has 1 aromatic carbocycles. The predicted molar refractivity (Wildman–Crippen MR) is 91.3 cm³/mol. The highest BCUT2D eigenvalue weighted by molar-refractivity contribution is 5.48. The second-order valence-electron chi connectivity index (χ2n) is 6.72. The Bertz CT molecular complexity index is 997. The van der Waals surface area contributed by atoms with Gasteiger partial charge in [0, 0.05) is 11.8 Å². The summed E-state index contributed by atoms with van der Waals surface area (Å²) in [5, 5.41) is 17.7. The lowest BCUT2D eigenvalue weighted by molar-refractivity contribution is -0.275. The third kappa shape index (κ3) is 4.30. The molecular formula is C17H17F4N5O2. The molecule has 0 spiro atoms. The van der Waals surface area contributed by atoms with Crippen LogP contribution in [0.25, 0.3) is 5.78 Å². The van der Waals surface area contributed by atoms with E-state index in [0.717, 1.165) is 12.1 Å². The van der Waals surface area contributed by atoms with Crippen molar-refractivity contribution in [1.29, 1.82) is 0 Å². The summed E-state index contributed by atoms with van der Waals surface area (Å²) in [4.78, 5) is 8.20. The average molecular weight is 399 g/mol. The largest absolute Gasteiger partial charge is 0.573 e. The highest BCUT2D eigenvalue weighted by atomic mass is 19.4. The first kappa shape index (κ1) is 19.8. The van der Waals surface area contributed by atoms with Crippen LogP contribution < -0.4 is 10.1 Å². The minimum Gasteiger partial charge on any atom is -0.403 e. The van der Waals surface area contributed by atoms with Crippen LogP contribution in [0.4, 0.5) is 23.4 Å².